The fourth-order valence-electron chi connectivity index (χ4n) is 2.51. The Morgan fingerprint density at radius 2 is 2.00 bits per heavy atom. The normalized spacial score (nSPS) is 14.2. The molecule has 2 heterocycles. The standard InChI is InChI=1S/C17H17N3O2/c1-12-8-9-18-15(11-12)19-17(22)13-4-6-14(7-5-13)20-10-2-3-16(20)21/h4-9,11H,2-3,10H2,1H3,(H,18,19,22). The number of carbonyl (C=O) groups excluding carboxylic acids is 2. The number of pyridine rings is 1. The zero-order valence-electron chi connectivity index (χ0n) is 12.4. The number of aryl methyl sites for hydroxylation is 1. The summed E-state index contributed by atoms with van der Waals surface area (Å²) in [7, 11) is 0. The topological polar surface area (TPSA) is 62.3 Å². The smallest absolute Gasteiger partial charge is 0.256 e. The number of benzene rings is 1. The molecule has 1 aromatic carbocycles. The highest BCUT2D eigenvalue weighted by atomic mass is 16.2. The molecule has 1 aliphatic rings. The Hall–Kier alpha value is -2.69. The number of nitrogens with zero attached hydrogens (tertiary/aromatic N) is 2. The fraction of sp³-hybridized carbons (Fsp3) is 0.235. The van der Waals surface area contributed by atoms with Gasteiger partial charge in [-0.05, 0) is 55.3 Å². The van der Waals surface area contributed by atoms with Gasteiger partial charge in [-0.15, -0.1) is 0 Å². The van der Waals surface area contributed by atoms with Crippen molar-refractivity contribution < 1.29 is 9.59 Å². The van der Waals surface area contributed by atoms with Gasteiger partial charge in [-0.3, -0.25) is 9.59 Å². The van der Waals surface area contributed by atoms with Crippen LogP contribution in [-0.4, -0.2) is 23.3 Å². The molecule has 0 radical (unpaired) electrons. The van der Waals surface area contributed by atoms with Gasteiger partial charge in [-0.1, -0.05) is 0 Å². The lowest BCUT2D eigenvalue weighted by Gasteiger charge is -2.15. The van der Waals surface area contributed by atoms with E-state index in [-0.39, 0.29) is 11.8 Å². The number of rotatable bonds is 3. The number of anilines is 2. The van der Waals surface area contributed by atoms with E-state index in [9.17, 15) is 9.59 Å². The molecule has 2 aromatic rings. The van der Waals surface area contributed by atoms with Crippen LogP contribution in [0.1, 0.15) is 28.8 Å². The predicted molar refractivity (Wildman–Crippen MR) is 85.0 cm³/mol. The molecule has 3 rings (SSSR count). The number of amides is 2. The van der Waals surface area contributed by atoms with Crippen LogP contribution in [0.2, 0.25) is 0 Å². The van der Waals surface area contributed by atoms with Crippen molar-refractivity contribution >= 4 is 23.3 Å². The van der Waals surface area contributed by atoms with Gasteiger partial charge >= 0.3 is 0 Å². The molecule has 0 bridgehead atoms. The highest BCUT2D eigenvalue weighted by Crippen LogP contribution is 2.21. The van der Waals surface area contributed by atoms with Crippen LogP contribution in [0.5, 0.6) is 0 Å². The van der Waals surface area contributed by atoms with Crippen molar-refractivity contribution in [2.24, 2.45) is 0 Å². The Labute approximate surface area is 129 Å². The average molecular weight is 295 g/mol. The van der Waals surface area contributed by atoms with Crippen LogP contribution in [0.25, 0.3) is 0 Å². The lowest BCUT2D eigenvalue weighted by molar-refractivity contribution is -0.117. The second-order valence-corrected chi connectivity index (χ2v) is 5.37. The molecule has 2 amide bonds. The summed E-state index contributed by atoms with van der Waals surface area (Å²) in [5.74, 6) is 0.461. The van der Waals surface area contributed by atoms with E-state index in [1.165, 1.54) is 0 Å². The number of carbonyl (C=O) groups is 2. The monoisotopic (exact) mass is 295 g/mol. The third-order valence-electron chi connectivity index (χ3n) is 3.67. The minimum atomic E-state index is -0.211. The van der Waals surface area contributed by atoms with Gasteiger partial charge in [0, 0.05) is 30.4 Å². The van der Waals surface area contributed by atoms with Gasteiger partial charge in [0.2, 0.25) is 5.91 Å². The molecule has 112 valence electrons. The summed E-state index contributed by atoms with van der Waals surface area (Å²) >= 11 is 0. The maximum Gasteiger partial charge on any atom is 0.256 e. The van der Waals surface area contributed by atoms with Crippen molar-refractivity contribution in [3.8, 4) is 0 Å². The van der Waals surface area contributed by atoms with Gasteiger partial charge in [-0.25, -0.2) is 4.98 Å². The highest BCUT2D eigenvalue weighted by Gasteiger charge is 2.21. The van der Waals surface area contributed by atoms with Crippen molar-refractivity contribution in [2.45, 2.75) is 19.8 Å². The summed E-state index contributed by atoms with van der Waals surface area (Å²) in [6, 6.07) is 10.8. The zero-order chi connectivity index (χ0) is 15.5. The molecule has 1 aromatic heterocycles. The molecule has 0 atom stereocenters. The van der Waals surface area contributed by atoms with Crippen LogP contribution < -0.4 is 10.2 Å². The molecule has 5 nitrogen and oxygen atoms in total. The first-order chi connectivity index (χ1) is 10.6. The molecule has 1 N–H and O–H groups in total. The number of aromatic nitrogens is 1. The van der Waals surface area contributed by atoms with Gasteiger partial charge in [0.25, 0.3) is 5.91 Å². The van der Waals surface area contributed by atoms with Crippen molar-refractivity contribution in [1.82, 2.24) is 4.98 Å². The van der Waals surface area contributed by atoms with Crippen LogP contribution in [0, 0.1) is 6.92 Å². The van der Waals surface area contributed by atoms with Gasteiger partial charge in [0.1, 0.15) is 5.82 Å². The van der Waals surface area contributed by atoms with Crippen LogP contribution >= 0.6 is 0 Å². The number of hydrogen-bond acceptors (Lipinski definition) is 3. The third kappa shape index (κ3) is 2.98. The lowest BCUT2D eigenvalue weighted by atomic mass is 10.2. The third-order valence-corrected chi connectivity index (χ3v) is 3.67. The van der Waals surface area contributed by atoms with Crippen molar-refractivity contribution in [3.05, 3.63) is 53.7 Å². The van der Waals surface area contributed by atoms with E-state index in [2.05, 4.69) is 10.3 Å². The van der Waals surface area contributed by atoms with E-state index < -0.39 is 0 Å². The Morgan fingerprint density at radius 1 is 1.23 bits per heavy atom. The molecule has 0 aliphatic carbocycles. The molecule has 1 saturated heterocycles. The molecule has 1 aliphatic heterocycles. The predicted octanol–water partition coefficient (Wildman–Crippen LogP) is 2.77. The van der Waals surface area contributed by atoms with Crippen LogP contribution in [0.3, 0.4) is 0 Å². The summed E-state index contributed by atoms with van der Waals surface area (Å²) in [5, 5.41) is 2.77. The summed E-state index contributed by atoms with van der Waals surface area (Å²) in [5.41, 5.74) is 2.42. The van der Waals surface area contributed by atoms with Gasteiger partial charge < -0.3 is 10.2 Å². The van der Waals surface area contributed by atoms with Gasteiger partial charge in [0.15, 0.2) is 0 Å². The Kier molecular flexibility index (Phi) is 3.87. The Balaban J connectivity index is 1.72. The van der Waals surface area contributed by atoms with E-state index in [1.807, 2.05) is 31.2 Å². The van der Waals surface area contributed by atoms with Crippen LogP contribution in [0.15, 0.2) is 42.6 Å². The molecule has 22 heavy (non-hydrogen) atoms. The summed E-state index contributed by atoms with van der Waals surface area (Å²) in [6.07, 6.45) is 3.15. The molecular weight excluding hydrogens is 278 g/mol. The van der Waals surface area contributed by atoms with E-state index in [4.69, 9.17) is 0 Å². The SMILES string of the molecule is Cc1ccnc(NC(=O)c2ccc(N3CCCC3=O)cc2)c1. The molecule has 1 fully saturated rings. The first-order valence-electron chi connectivity index (χ1n) is 7.28. The minimum absolute atomic E-state index is 0.140. The van der Waals surface area contributed by atoms with Crippen molar-refractivity contribution in [1.29, 1.82) is 0 Å². The lowest BCUT2D eigenvalue weighted by Crippen LogP contribution is -2.23. The van der Waals surface area contributed by atoms with Crippen LogP contribution in [0.4, 0.5) is 11.5 Å². The highest BCUT2D eigenvalue weighted by molar-refractivity contribution is 6.04. The van der Waals surface area contributed by atoms with Crippen molar-refractivity contribution in [2.75, 3.05) is 16.8 Å². The Morgan fingerprint density at radius 3 is 2.64 bits per heavy atom. The zero-order valence-corrected chi connectivity index (χ0v) is 12.4. The van der Waals surface area contributed by atoms with Crippen LogP contribution in [-0.2, 0) is 4.79 Å². The second-order valence-electron chi connectivity index (χ2n) is 5.37. The van der Waals surface area contributed by atoms with Crippen molar-refractivity contribution in [3.63, 3.8) is 0 Å². The number of hydrogen-bond donors (Lipinski definition) is 1. The molecule has 0 saturated carbocycles. The molecular formula is C17H17N3O2. The minimum Gasteiger partial charge on any atom is -0.312 e. The second kappa shape index (κ2) is 5.97. The quantitative estimate of drug-likeness (QED) is 0.947. The van der Waals surface area contributed by atoms with E-state index in [0.29, 0.717) is 17.8 Å². The van der Waals surface area contributed by atoms with Gasteiger partial charge in [-0.2, -0.15) is 0 Å². The first-order valence-corrected chi connectivity index (χ1v) is 7.28. The maximum atomic E-state index is 12.2. The van der Waals surface area contributed by atoms with Gasteiger partial charge in [0.05, 0.1) is 0 Å². The summed E-state index contributed by atoms with van der Waals surface area (Å²) in [4.78, 5) is 29.8. The summed E-state index contributed by atoms with van der Waals surface area (Å²) < 4.78 is 0. The molecule has 0 unspecified atom stereocenters. The molecule has 0 spiro atoms. The Bertz CT molecular complexity index is 710. The first kappa shape index (κ1) is 14.3. The van der Waals surface area contributed by atoms with E-state index in [1.54, 1.807) is 23.2 Å². The fourth-order valence-corrected chi connectivity index (χ4v) is 2.51. The summed E-state index contributed by atoms with van der Waals surface area (Å²) in [6.45, 7) is 2.69. The van der Waals surface area contributed by atoms with E-state index >= 15 is 0 Å². The average Bonchev–Trinajstić information content (AvgIpc) is 2.93. The maximum absolute atomic E-state index is 12.2. The largest absolute Gasteiger partial charge is 0.312 e. The number of nitrogens with one attached hydrogen (secondary N) is 1. The molecule has 5 heteroatoms. The van der Waals surface area contributed by atoms with E-state index in [0.717, 1.165) is 24.2 Å².